The van der Waals surface area contributed by atoms with Crippen LogP contribution in [0.4, 0.5) is 0 Å². The van der Waals surface area contributed by atoms with E-state index in [0.29, 0.717) is 18.7 Å². The smallest absolute Gasteiger partial charge is 0.354 e. The maximum Gasteiger partial charge on any atom is 0.354 e. The van der Waals surface area contributed by atoms with Crippen molar-refractivity contribution in [1.82, 2.24) is 14.9 Å². The minimum Gasteiger partial charge on any atom is -0.480 e. The summed E-state index contributed by atoms with van der Waals surface area (Å²) in [5, 5.41) is 33.2. The van der Waals surface area contributed by atoms with Gasteiger partial charge >= 0.3 is 11.9 Å². The molecule has 0 aliphatic rings. The monoisotopic (exact) mass is 447 g/mol. The van der Waals surface area contributed by atoms with Gasteiger partial charge < -0.3 is 25.2 Å². The SMILES string of the molecule is C[C@@H](O)[C@H](NCCc1nc(C(=O)O)cc2c3ccccc3n(Cc3ccccc3)c12)C(=O)O. The third kappa shape index (κ3) is 4.57. The molecular weight excluding hydrogens is 422 g/mol. The van der Waals surface area contributed by atoms with E-state index in [1.54, 1.807) is 6.07 Å². The Labute approximate surface area is 190 Å². The molecule has 0 fully saturated rings. The summed E-state index contributed by atoms with van der Waals surface area (Å²) in [5.74, 6) is -2.28. The first kappa shape index (κ1) is 22.4. The summed E-state index contributed by atoms with van der Waals surface area (Å²) in [5.41, 5.74) is 3.36. The molecule has 4 aromatic rings. The molecule has 2 heterocycles. The predicted octanol–water partition coefficient (Wildman–Crippen LogP) is 2.90. The van der Waals surface area contributed by atoms with Crippen LogP contribution in [0.5, 0.6) is 0 Å². The molecule has 0 saturated carbocycles. The third-order valence-electron chi connectivity index (χ3n) is 5.70. The lowest BCUT2D eigenvalue weighted by Gasteiger charge is -2.17. The quantitative estimate of drug-likeness (QED) is 0.311. The number of rotatable bonds is 9. The number of nitrogens with one attached hydrogen (secondary N) is 1. The minimum atomic E-state index is -1.15. The van der Waals surface area contributed by atoms with Crippen LogP contribution in [0.15, 0.2) is 60.7 Å². The van der Waals surface area contributed by atoms with E-state index >= 15 is 0 Å². The lowest BCUT2D eigenvalue weighted by atomic mass is 10.1. The molecule has 8 heteroatoms. The number of aliphatic hydroxyl groups excluding tert-OH is 1. The zero-order valence-electron chi connectivity index (χ0n) is 18.1. The Morgan fingerprint density at radius 3 is 2.39 bits per heavy atom. The number of carbonyl (C=O) groups is 2. The average molecular weight is 447 g/mol. The van der Waals surface area contributed by atoms with Crippen molar-refractivity contribution < 1.29 is 24.9 Å². The molecule has 4 rings (SSSR count). The number of hydrogen-bond donors (Lipinski definition) is 4. The standard InChI is InChI=1S/C25H25N3O5/c1-15(29)22(25(32)33)26-12-11-19-23-18(13-20(27-19)24(30)31)17-9-5-6-10-21(17)28(23)14-16-7-3-2-4-8-16/h2-10,13,15,22,26,29H,11-12,14H2,1H3,(H,30,31)(H,32,33)/t15-,22+/m1/s1. The van der Waals surface area contributed by atoms with E-state index in [-0.39, 0.29) is 12.2 Å². The molecule has 2 atom stereocenters. The molecule has 4 N–H and O–H groups in total. The van der Waals surface area contributed by atoms with Gasteiger partial charge in [0.1, 0.15) is 11.7 Å². The first-order chi connectivity index (χ1) is 15.9. The number of para-hydroxylation sites is 1. The van der Waals surface area contributed by atoms with Crippen LogP contribution in [0, 0.1) is 0 Å². The molecule has 0 aliphatic heterocycles. The highest BCUT2D eigenvalue weighted by Crippen LogP contribution is 2.32. The van der Waals surface area contributed by atoms with Crippen LogP contribution in [0.2, 0.25) is 0 Å². The van der Waals surface area contributed by atoms with Crippen LogP contribution in [0.1, 0.15) is 28.7 Å². The van der Waals surface area contributed by atoms with Gasteiger partial charge in [-0.1, -0.05) is 48.5 Å². The van der Waals surface area contributed by atoms with Gasteiger partial charge in [0, 0.05) is 35.8 Å². The van der Waals surface area contributed by atoms with E-state index in [9.17, 15) is 24.9 Å². The maximum absolute atomic E-state index is 11.8. The summed E-state index contributed by atoms with van der Waals surface area (Å²) in [6.45, 7) is 2.19. The van der Waals surface area contributed by atoms with E-state index in [4.69, 9.17) is 0 Å². The topological polar surface area (TPSA) is 125 Å². The maximum atomic E-state index is 11.8. The van der Waals surface area contributed by atoms with Crippen LogP contribution < -0.4 is 5.32 Å². The number of hydrogen-bond acceptors (Lipinski definition) is 5. The molecule has 0 saturated heterocycles. The fraction of sp³-hybridized carbons (Fsp3) is 0.240. The van der Waals surface area contributed by atoms with Crippen molar-refractivity contribution in [3.8, 4) is 0 Å². The first-order valence-corrected chi connectivity index (χ1v) is 10.7. The number of aliphatic hydroxyl groups is 1. The van der Waals surface area contributed by atoms with E-state index in [1.807, 2.05) is 54.6 Å². The summed E-state index contributed by atoms with van der Waals surface area (Å²) in [4.78, 5) is 27.6. The summed E-state index contributed by atoms with van der Waals surface area (Å²) in [6, 6.07) is 18.2. The zero-order valence-corrected chi connectivity index (χ0v) is 18.1. The Bertz CT molecular complexity index is 1310. The molecule has 0 spiro atoms. The van der Waals surface area contributed by atoms with Crippen molar-refractivity contribution >= 4 is 33.7 Å². The fourth-order valence-corrected chi connectivity index (χ4v) is 4.18. The number of aromatic carboxylic acids is 1. The van der Waals surface area contributed by atoms with E-state index in [2.05, 4.69) is 14.9 Å². The fourth-order valence-electron chi connectivity index (χ4n) is 4.18. The van der Waals surface area contributed by atoms with Crippen molar-refractivity contribution in [2.75, 3.05) is 6.54 Å². The van der Waals surface area contributed by atoms with Crippen molar-refractivity contribution in [2.45, 2.75) is 32.0 Å². The Kier molecular flexibility index (Phi) is 6.39. The second-order valence-corrected chi connectivity index (χ2v) is 8.01. The molecule has 33 heavy (non-hydrogen) atoms. The van der Waals surface area contributed by atoms with E-state index in [1.165, 1.54) is 6.92 Å². The number of benzene rings is 2. The normalized spacial score (nSPS) is 13.3. The Morgan fingerprint density at radius 1 is 1.03 bits per heavy atom. The Morgan fingerprint density at radius 2 is 1.73 bits per heavy atom. The molecule has 0 bridgehead atoms. The molecule has 2 aromatic heterocycles. The van der Waals surface area contributed by atoms with Gasteiger partial charge in [-0.25, -0.2) is 9.78 Å². The van der Waals surface area contributed by atoms with Crippen molar-refractivity contribution in [3.05, 3.63) is 77.6 Å². The minimum absolute atomic E-state index is 0.0644. The molecular formula is C25H25N3O5. The van der Waals surface area contributed by atoms with Crippen LogP contribution in [0.3, 0.4) is 0 Å². The molecule has 0 radical (unpaired) electrons. The zero-order chi connectivity index (χ0) is 23.5. The van der Waals surface area contributed by atoms with Gasteiger partial charge in [0.2, 0.25) is 0 Å². The number of carboxylic acid groups (broad SMARTS) is 2. The number of aliphatic carboxylic acids is 1. The van der Waals surface area contributed by atoms with Gasteiger partial charge in [-0.2, -0.15) is 0 Å². The number of aromatic nitrogens is 2. The van der Waals surface area contributed by atoms with Gasteiger partial charge in [0.05, 0.1) is 17.3 Å². The van der Waals surface area contributed by atoms with Crippen molar-refractivity contribution in [1.29, 1.82) is 0 Å². The number of fused-ring (bicyclic) bond motifs is 3. The van der Waals surface area contributed by atoms with E-state index in [0.717, 1.165) is 27.4 Å². The lowest BCUT2D eigenvalue weighted by Crippen LogP contribution is -2.45. The summed E-state index contributed by atoms with van der Waals surface area (Å²) >= 11 is 0. The van der Waals surface area contributed by atoms with Gasteiger partial charge in [0.15, 0.2) is 0 Å². The highest BCUT2D eigenvalue weighted by Gasteiger charge is 2.23. The molecule has 2 aromatic carbocycles. The van der Waals surface area contributed by atoms with Gasteiger partial charge in [0.25, 0.3) is 0 Å². The number of nitrogens with zero attached hydrogens (tertiary/aromatic N) is 2. The molecule has 8 nitrogen and oxygen atoms in total. The predicted molar refractivity (Wildman–Crippen MR) is 125 cm³/mol. The van der Waals surface area contributed by atoms with Crippen LogP contribution in [-0.4, -0.2) is 55.5 Å². The van der Waals surface area contributed by atoms with E-state index < -0.39 is 24.1 Å². The summed E-state index contributed by atoms with van der Waals surface area (Å²) in [6.07, 6.45) is -0.787. The van der Waals surface area contributed by atoms with Crippen LogP contribution in [0.25, 0.3) is 21.8 Å². The highest BCUT2D eigenvalue weighted by atomic mass is 16.4. The second kappa shape index (κ2) is 9.40. The number of carboxylic acids is 2. The Balaban J connectivity index is 1.83. The third-order valence-corrected chi connectivity index (χ3v) is 5.70. The summed E-state index contributed by atoms with van der Waals surface area (Å²) in [7, 11) is 0. The first-order valence-electron chi connectivity index (χ1n) is 10.7. The molecule has 0 unspecified atom stereocenters. The van der Waals surface area contributed by atoms with Crippen LogP contribution in [-0.2, 0) is 17.8 Å². The largest absolute Gasteiger partial charge is 0.480 e. The van der Waals surface area contributed by atoms with Crippen molar-refractivity contribution in [2.24, 2.45) is 0 Å². The van der Waals surface area contributed by atoms with Gasteiger partial charge in [-0.3, -0.25) is 4.79 Å². The summed E-state index contributed by atoms with van der Waals surface area (Å²) < 4.78 is 2.12. The van der Waals surface area contributed by atoms with Crippen molar-refractivity contribution in [3.63, 3.8) is 0 Å². The van der Waals surface area contributed by atoms with Gasteiger partial charge in [-0.15, -0.1) is 0 Å². The number of pyridine rings is 1. The molecule has 0 aliphatic carbocycles. The highest BCUT2D eigenvalue weighted by molar-refractivity contribution is 6.10. The van der Waals surface area contributed by atoms with Crippen LogP contribution >= 0.6 is 0 Å². The molecule has 0 amide bonds. The lowest BCUT2D eigenvalue weighted by molar-refractivity contribution is -0.142. The second-order valence-electron chi connectivity index (χ2n) is 8.01. The Hall–Kier alpha value is -3.75. The molecule has 170 valence electrons. The average Bonchev–Trinajstić information content (AvgIpc) is 3.10. The van der Waals surface area contributed by atoms with Gasteiger partial charge in [-0.05, 0) is 24.6 Å².